The lowest BCUT2D eigenvalue weighted by atomic mass is 9.82. The predicted octanol–water partition coefficient (Wildman–Crippen LogP) is 1.67. The van der Waals surface area contributed by atoms with E-state index in [0.29, 0.717) is 0 Å². The van der Waals surface area contributed by atoms with E-state index in [2.05, 4.69) is 16.7 Å². The van der Waals surface area contributed by atoms with Crippen molar-refractivity contribution in [1.29, 1.82) is 0 Å². The van der Waals surface area contributed by atoms with E-state index in [-0.39, 0.29) is 0 Å². The van der Waals surface area contributed by atoms with Crippen LogP contribution in [0.5, 0.6) is 0 Å². The summed E-state index contributed by atoms with van der Waals surface area (Å²) in [7, 11) is 0. The summed E-state index contributed by atoms with van der Waals surface area (Å²) in [4.78, 5) is 5.55. The Hall–Kier alpha value is -0.120. The summed E-state index contributed by atoms with van der Waals surface area (Å²) in [6.07, 6.45) is 8.39. The lowest BCUT2D eigenvalue weighted by Crippen LogP contribution is -2.60. The van der Waals surface area contributed by atoms with Crippen LogP contribution >= 0.6 is 0 Å². The van der Waals surface area contributed by atoms with E-state index in [9.17, 15) is 0 Å². The van der Waals surface area contributed by atoms with Crippen LogP contribution in [-0.2, 0) is 0 Å². The van der Waals surface area contributed by atoms with Crippen molar-refractivity contribution in [2.45, 2.75) is 63.6 Å². The van der Waals surface area contributed by atoms with Gasteiger partial charge in [0.25, 0.3) is 0 Å². The molecule has 3 rings (SSSR count). The molecule has 1 aliphatic carbocycles. The van der Waals surface area contributed by atoms with E-state index in [4.69, 9.17) is 5.73 Å². The Morgan fingerprint density at radius 3 is 2.72 bits per heavy atom. The van der Waals surface area contributed by atoms with Crippen LogP contribution < -0.4 is 5.73 Å². The summed E-state index contributed by atoms with van der Waals surface area (Å²) in [6.45, 7) is 7.26. The van der Waals surface area contributed by atoms with Gasteiger partial charge in [0.1, 0.15) is 0 Å². The lowest BCUT2D eigenvalue weighted by Gasteiger charge is -2.49. The van der Waals surface area contributed by atoms with Crippen molar-refractivity contribution < 1.29 is 0 Å². The van der Waals surface area contributed by atoms with Gasteiger partial charge in [-0.15, -0.1) is 0 Å². The molecule has 3 fully saturated rings. The van der Waals surface area contributed by atoms with Gasteiger partial charge in [0.15, 0.2) is 0 Å². The molecule has 104 valence electrons. The third-order valence-electron chi connectivity index (χ3n) is 5.58. The SMILES string of the molecule is CC1CN2CCCC2CN1C1CCCCC1CN. The number of rotatable bonds is 2. The first-order valence-corrected chi connectivity index (χ1v) is 7.99. The van der Waals surface area contributed by atoms with Gasteiger partial charge in [-0.3, -0.25) is 9.80 Å². The molecule has 1 saturated carbocycles. The van der Waals surface area contributed by atoms with Gasteiger partial charge in [-0.1, -0.05) is 12.8 Å². The van der Waals surface area contributed by atoms with Crippen molar-refractivity contribution in [2.24, 2.45) is 11.7 Å². The van der Waals surface area contributed by atoms with E-state index >= 15 is 0 Å². The molecule has 3 nitrogen and oxygen atoms in total. The highest BCUT2D eigenvalue weighted by molar-refractivity contribution is 4.95. The molecule has 4 atom stereocenters. The Balaban J connectivity index is 1.69. The average molecular weight is 251 g/mol. The molecule has 0 spiro atoms. The molecular weight excluding hydrogens is 222 g/mol. The molecular formula is C15H29N3. The smallest absolute Gasteiger partial charge is 0.0224 e. The topological polar surface area (TPSA) is 32.5 Å². The van der Waals surface area contributed by atoms with Crippen LogP contribution in [0.2, 0.25) is 0 Å². The minimum atomic E-state index is 0.733. The van der Waals surface area contributed by atoms with Gasteiger partial charge in [-0.05, 0) is 51.6 Å². The van der Waals surface area contributed by atoms with E-state index in [1.165, 1.54) is 58.2 Å². The summed E-state index contributed by atoms with van der Waals surface area (Å²) in [6, 6.07) is 2.36. The standard InChI is InChI=1S/C15H29N3/c1-12-10-17-8-4-6-14(17)11-18(12)15-7-3-2-5-13(15)9-16/h12-15H,2-11,16H2,1H3. The quantitative estimate of drug-likeness (QED) is 0.810. The van der Waals surface area contributed by atoms with Crippen LogP contribution in [0.15, 0.2) is 0 Å². The van der Waals surface area contributed by atoms with Gasteiger partial charge >= 0.3 is 0 Å². The Labute approximate surface area is 112 Å². The van der Waals surface area contributed by atoms with Gasteiger partial charge in [0.2, 0.25) is 0 Å². The van der Waals surface area contributed by atoms with E-state index < -0.39 is 0 Å². The molecule has 0 radical (unpaired) electrons. The third-order valence-corrected chi connectivity index (χ3v) is 5.58. The highest BCUT2D eigenvalue weighted by Crippen LogP contribution is 2.33. The Morgan fingerprint density at radius 1 is 1.06 bits per heavy atom. The molecule has 2 heterocycles. The van der Waals surface area contributed by atoms with Crippen molar-refractivity contribution in [1.82, 2.24) is 9.80 Å². The van der Waals surface area contributed by atoms with Gasteiger partial charge in [0, 0.05) is 31.2 Å². The first kappa shape index (κ1) is 12.9. The molecule has 3 heteroatoms. The van der Waals surface area contributed by atoms with Crippen LogP contribution in [0.1, 0.15) is 45.4 Å². The maximum Gasteiger partial charge on any atom is 0.0224 e. The number of hydrogen-bond acceptors (Lipinski definition) is 3. The third kappa shape index (κ3) is 2.33. The van der Waals surface area contributed by atoms with Crippen LogP contribution in [0.3, 0.4) is 0 Å². The molecule has 0 aromatic rings. The molecule has 4 unspecified atom stereocenters. The molecule has 0 aromatic carbocycles. The molecule has 2 aliphatic heterocycles. The second-order valence-corrected chi connectivity index (χ2v) is 6.68. The molecule has 3 aliphatic rings. The second-order valence-electron chi connectivity index (χ2n) is 6.68. The minimum absolute atomic E-state index is 0.733. The first-order chi connectivity index (χ1) is 8.79. The largest absolute Gasteiger partial charge is 0.330 e. The summed E-state index contributed by atoms with van der Waals surface area (Å²) in [5.74, 6) is 0.758. The van der Waals surface area contributed by atoms with Crippen molar-refractivity contribution in [3.05, 3.63) is 0 Å². The zero-order valence-electron chi connectivity index (χ0n) is 11.9. The lowest BCUT2D eigenvalue weighted by molar-refractivity contribution is -0.00342. The average Bonchev–Trinajstić information content (AvgIpc) is 2.84. The zero-order valence-corrected chi connectivity index (χ0v) is 11.9. The molecule has 2 N–H and O–H groups in total. The van der Waals surface area contributed by atoms with Crippen LogP contribution in [0.4, 0.5) is 0 Å². The van der Waals surface area contributed by atoms with Crippen molar-refractivity contribution in [3.63, 3.8) is 0 Å². The van der Waals surface area contributed by atoms with Crippen LogP contribution in [-0.4, -0.2) is 54.1 Å². The second kappa shape index (κ2) is 5.48. The monoisotopic (exact) mass is 251 g/mol. The molecule has 18 heavy (non-hydrogen) atoms. The number of fused-ring (bicyclic) bond motifs is 1. The normalized spacial score (nSPS) is 43.0. The summed E-state index contributed by atoms with van der Waals surface area (Å²) in [5.41, 5.74) is 6.02. The van der Waals surface area contributed by atoms with Crippen molar-refractivity contribution in [2.75, 3.05) is 26.2 Å². The Morgan fingerprint density at radius 2 is 1.89 bits per heavy atom. The first-order valence-electron chi connectivity index (χ1n) is 7.99. The molecule has 0 bridgehead atoms. The Kier molecular flexibility index (Phi) is 3.92. The summed E-state index contributed by atoms with van der Waals surface area (Å²) >= 11 is 0. The maximum absolute atomic E-state index is 6.02. The van der Waals surface area contributed by atoms with Crippen LogP contribution in [0.25, 0.3) is 0 Å². The fourth-order valence-electron chi connectivity index (χ4n) is 4.57. The van der Waals surface area contributed by atoms with E-state index in [1.54, 1.807) is 0 Å². The van der Waals surface area contributed by atoms with Crippen molar-refractivity contribution in [3.8, 4) is 0 Å². The number of piperazine rings is 1. The van der Waals surface area contributed by atoms with E-state index in [1.807, 2.05) is 0 Å². The van der Waals surface area contributed by atoms with Gasteiger partial charge < -0.3 is 5.73 Å². The fraction of sp³-hybridized carbons (Fsp3) is 1.00. The minimum Gasteiger partial charge on any atom is -0.330 e. The number of nitrogens with two attached hydrogens (primary N) is 1. The summed E-state index contributed by atoms with van der Waals surface area (Å²) in [5, 5.41) is 0. The predicted molar refractivity (Wildman–Crippen MR) is 75.6 cm³/mol. The van der Waals surface area contributed by atoms with Gasteiger partial charge in [0.05, 0.1) is 0 Å². The molecule has 2 saturated heterocycles. The van der Waals surface area contributed by atoms with Gasteiger partial charge in [-0.25, -0.2) is 0 Å². The molecule has 0 amide bonds. The highest BCUT2D eigenvalue weighted by Gasteiger charge is 2.39. The summed E-state index contributed by atoms with van der Waals surface area (Å²) < 4.78 is 0. The van der Waals surface area contributed by atoms with Gasteiger partial charge in [-0.2, -0.15) is 0 Å². The maximum atomic E-state index is 6.02. The fourth-order valence-corrected chi connectivity index (χ4v) is 4.57. The number of hydrogen-bond donors (Lipinski definition) is 1. The zero-order chi connectivity index (χ0) is 12.5. The number of nitrogens with zero attached hydrogens (tertiary/aromatic N) is 2. The van der Waals surface area contributed by atoms with E-state index in [0.717, 1.165) is 30.6 Å². The van der Waals surface area contributed by atoms with Crippen molar-refractivity contribution >= 4 is 0 Å². The van der Waals surface area contributed by atoms with Crippen LogP contribution in [0, 0.1) is 5.92 Å². The Bertz CT molecular complexity index is 281. The highest BCUT2D eigenvalue weighted by atomic mass is 15.3. The molecule has 0 aromatic heterocycles.